The Morgan fingerprint density at radius 2 is 1.47 bits per heavy atom. The molecular formula is C13H21F3O2S. The lowest BCUT2D eigenvalue weighted by atomic mass is 10.1. The van der Waals surface area contributed by atoms with Crippen molar-refractivity contribution in [2.24, 2.45) is 0 Å². The van der Waals surface area contributed by atoms with Gasteiger partial charge in [0.05, 0.1) is 4.91 Å². The molecule has 0 aliphatic carbocycles. The van der Waals surface area contributed by atoms with Crippen molar-refractivity contribution in [1.82, 2.24) is 0 Å². The van der Waals surface area contributed by atoms with E-state index in [0.29, 0.717) is 6.42 Å². The second-order valence-corrected chi connectivity index (χ2v) is 5.61. The predicted octanol–water partition coefficient (Wildman–Crippen LogP) is 5.00. The van der Waals surface area contributed by atoms with Crippen molar-refractivity contribution < 1.29 is 23.1 Å². The maximum atomic E-state index is 11.8. The Bertz CT molecular complexity index is 278. The molecule has 1 N–H and O–H groups in total. The first-order valence-corrected chi connectivity index (χ1v) is 7.43. The van der Waals surface area contributed by atoms with Crippen molar-refractivity contribution in [3.05, 3.63) is 11.5 Å². The van der Waals surface area contributed by atoms with Gasteiger partial charge in [0.25, 0.3) is 0 Å². The summed E-state index contributed by atoms with van der Waals surface area (Å²) in [4.78, 5) is 10.6. The highest BCUT2D eigenvalue weighted by Gasteiger charge is 2.25. The van der Waals surface area contributed by atoms with Gasteiger partial charge in [0.1, 0.15) is 0 Å². The molecule has 2 nitrogen and oxygen atoms in total. The molecular weight excluding hydrogens is 277 g/mol. The average Bonchev–Trinajstić information content (AvgIpc) is 2.29. The first-order valence-electron chi connectivity index (χ1n) is 6.44. The average molecular weight is 298 g/mol. The van der Waals surface area contributed by atoms with Crippen LogP contribution < -0.4 is 0 Å². The zero-order chi connectivity index (χ0) is 14.7. The number of halogens is 3. The summed E-state index contributed by atoms with van der Waals surface area (Å²) >= 11 is 1.24. The van der Waals surface area contributed by atoms with Crippen LogP contribution in [0.5, 0.6) is 0 Å². The van der Waals surface area contributed by atoms with Crippen LogP contribution in [-0.2, 0) is 4.79 Å². The van der Waals surface area contributed by atoms with Crippen LogP contribution in [0.4, 0.5) is 13.2 Å². The van der Waals surface area contributed by atoms with E-state index >= 15 is 0 Å². The minimum atomic E-state index is -4.02. The van der Waals surface area contributed by atoms with Gasteiger partial charge in [0.15, 0.2) is 0 Å². The summed E-state index contributed by atoms with van der Waals surface area (Å²) in [6.45, 7) is 3.41. The van der Waals surface area contributed by atoms with Crippen molar-refractivity contribution >= 4 is 17.7 Å². The quantitative estimate of drug-likeness (QED) is 0.431. The van der Waals surface area contributed by atoms with E-state index in [-0.39, 0.29) is 11.3 Å². The van der Waals surface area contributed by atoms with Crippen molar-refractivity contribution in [2.75, 3.05) is 5.75 Å². The van der Waals surface area contributed by atoms with Gasteiger partial charge in [-0.1, -0.05) is 38.7 Å². The molecule has 0 aromatic heterocycles. The predicted molar refractivity (Wildman–Crippen MR) is 72.2 cm³/mol. The Morgan fingerprint density at radius 3 is 1.95 bits per heavy atom. The Morgan fingerprint density at radius 1 is 1.00 bits per heavy atom. The van der Waals surface area contributed by atoms with Gasteiger partial charge in [-0.25, -0.2) is 4.79 Å². The monoisotopic (exact) mass is 298 g/mol. The van der Waals surface area contributed by atoms with Gasteiger partial charge >= 0.3 is 12.1 Å². The highest BCUT2D eigenvalue weighted by molar-refractivity contribution is 8.03. The van der Waals surface area contributed by atoms with Crippen LogP contribution >= 0.6 is 11.8 Å². The molecule has 0 saturated carbocycles. The molecule has 0 aromatic rings. The lowest BCUT2D eigenvalue weighted by molar-refractivity contribution is -0.135. The molecule has 19 heavy (non-hydrogen) atoms. The fourth-order valence-corrected chi connectivity index (χ4v) is 2.29. The third-order valence-electron chi connectivity index (χ3n) is 2.62. The first kappa shape index (κ1) is 18.4. The summed E-state index contributed by atoms with van der Waals surface area (Å²) in [7, 11) is 0. The minimum absolute atomic E-state index is 0.159. The maximum absolute atomic E-state index is 11.8. The summed E-state index contributed by atoms with van der Waals surface area (Å²) in [5.41, 5.74) is 0. The second kappa shape index (κ2) is 10.2. The van der Waals surface area contributed by atoms with E-state index in [9.17, 15) is 18.0 Å². The summed E-state index contributed by atoms with van der Waals surface area (Å²) in [5, 5.41) is 8.56. The normalized spacial score (nSPS) is 11.5. The summed E-state index contributed by atoms with van der Waals surface area (Å²) in [6.07, 6.45) is 0.824. The SMILES string of the molecule is C=C(SCCCCCCCCCC(F)(F)F)C(=O)O. The van der Waals surface area contributed by atoms with Crippen molar-refractivity contribution in [2.45, 2.75) is 57.5 Å². The van der Waals surface area contributed by atoms with Crippen molar-refractivity contribution in [3.63, 3.8) is 0 Å². The summed E-state index contributed by atoms with van der Waals surface area (Å²) in [6, 6.07) is 0. The molecule has 0 radical (unpaired) electrons. The molecule has 0 bridgehead atoms. The second-order valence-electron chi connectivity index (χ2n) is 4.42. The molecule has 0 saturated heterocycles. The van der Waals surface area contributed by atoms with E-state index in [1.165, 1.54) is 11.8 Å². The molecule has 0 spiro atoms. The van der Waals surface area contributed by atoms with Gasteiger partial charge in [0.2, 0.25) is 0 Å². The van der Waals surface area contributed by atoms with E-state index in [2.05, 4.69) is 6.58 Å². The molecule has 0 atom stereocenters. The number of hydrogen-bond donors (Lipinski definition) is 1. The van der Waals surface area contributed by atoms with E-state index in [0.717, 1.165) is 37.9 Å². The van der Waals surface area contributed by atoms with Crippen LogP contribution in [0.1, 0.15) is 51.4 Å². The van der Waals surface area contributed by atoms with Gasteiger partial charge < -0.3 is 5.11 Å². The third kappa shape index (κ3) is 13.6. The smallest absolute Gasteiger partial charge is 0.389 e. The Labute approximate surface area is 116 Å². The molecule has 0 rings (SSSR count). The first-order chi connectivity index (χ1) is 8.83. The number of aliphatic carboxylic acids is 1. The molecule has 0 aliphatic heterocycles. The van der Waals surface area contributed by atoms with Crippen LogP contribution in [0, 0.1) is 0 Å². The topological polar surface area (TPSA) is 37.3 Å². The van der Waals surface area contributed by atoms with E-state index in [4.69, 9.17) is 5.11 Å². The van der Waals surface area contributed by atoms with Gasteiger partial charge in [-0.15, -0.1) is 11.8 Å². The zero-order valence-electron chi connectivity index (χ0n) is 11.0. The van der Waals surface area contributed by atoms with E-state index in [1.807, 2.05) is 0 Å². The fourth-order valence-electron chi connectivity index (χ4n) is 1.57. The zero-order valence-corrected chi connectivity index (χ0v) is 11.8. The standard InChI is InChI=1S/C13H21F3O2S/c1-11(12(17)18)19-10-8-6-4-2-3-5-7-9-13(14,15)16/h1-10H2,(H,17,18). The molecule has 0 heterocycles. The molecule has 0 aromatic carbocycles. The number of carbonyl (C=O) groups is 1. The van der Waals surface area contributed by atoms with E-state index in [1.54, 1.807) is 0 Å². The van der Waals surface area contributed by atoms with Gasteiger partial charge in [-0.3, -0.25) is 0 Å². The molecule has 0 fully saturated rings. The Hall–Kier alpha value is -0.650. The number of rotatable bonds is 11. The van der Waals surface area contributed by atoms with Crippen molar-refractivity contribution in [1.29, 1.82) is 0 Å². The largest absolute Gasteiger partial charge is 0.477 e. The summed E-state index contributed by atoms with van der Waals surface area (Å²) in [5.74, 6) is -0.242. The summed E-state index contributed by atoms with van der Waals surface area (Å²) < 4.78 is 35.5. The lowest BCUT2D eigenvalue weighted by Gasteiger charge is -2.05. The van der Waals surface area contributed by atoms with Crippen LogP contribution in [-0.4, -0.2) is 23.0 Å². The van der Waals surface area contributed by atoms with Gasteiger partial charge in [-0.2, -0.15) is 13.2 Å². The highest BCUT2D eigenvalue weighted by Crippen LogP contribution is 2.23. The number of thioether (sulfide) groups is 1. The fraction of sp³-hybridized carbons (Fsp3) is 0.769. The molecule has 0 amide bonds. The number of carboxylic acids is 1. The maximum Gasteiger partial charge on any atom is 0.389 e. The number of hydrogen-bond acceptors (Lipinski definition) is 2. The number of carboxylic acid groups (broad SMARTS) is 1. The molecule has 112 valence electrons. The number of alkyl halides is 3. The Kier molecular flexibility index (Phi) is 9.83. The number of unbranched alkanes of at least 4 members (excludes halogenated alkanes) is 6. The minimum Gasteiger partial charge on any atom is -0.477 e. The molecule has 0 aliphatic rings. The third-order valence-corrected chi connectivity index (χ3v) is 3.64. The van der Waals surface area contributed by atoms with Gasteiger partial charge in [0, 0.05) is 6.42 Å². The van der Waals surface area contributed by atoms with Crippen LogP contribution in [0.15, 0.2) is 11.5 Å². The van der Waals surface area contributed by atoms with Crippen LogP contribution in [0.2, 0.25) is 0 Å². The van der Waals surface area contributed by atoms with Crippen molar-refractivity contribution in [3.8, 4) is 0 Å². The molecule has 6 heteroatoms. The van der Waals surface area contributed by atoms with E-state index < -0.39 is 18.6 Å². The Balaban J connectivity index is 3.20. The highest BCUT2D eigenvalue weighted by atomic mass is 32.2. The lowest BCUT2D eigenvalue weighted by Crippen LogP contribution is -2.06. The van der Waals surface area contributed by atoms with Crippen LogP contribution in [0.3, 0.4) is 0 Å². The van der Waals surface area contributed by atoms with Gasteiger partial charge in [-0.05, 0) is 18.6 Å². The van der Waals surface area contributed by atoms with Crippen LogP contribution in [0.25, 0.3) is 0 Å². The molecule has 0 unspecified atom stereocenters.